The van der Waals surface area contributed by atoms with Gasteiger partial charge in [-0.15, -0.1) is 11.8 Å². The molecule has 1 rings (SSSR count). The van der Waals surface area contributed by atoms with Crippen LogP contribution in [0.25, 0.3) is 0 Å². The van der Waals surface area contributed by atoms with E-state index in [1.807, 2.05) is 6.07 Å². The minimum Gasteiger partial charge on any atom is -0.481 e. The van der Waals surface area contributed by atoms with Gasteiger partial charge in [-0.1, -0.05) is 6.42 Å². The third kappa shape index (κ3) is 6.06. The number of unbranched alkanes of at least 4 members (excludes halogenated alkanes) is 2. The number of carboxylic acid groups (broad SMARTS) is 1. The Morgan fingerprint density at radius 3 is 2.93 bits per heavy atom. The van der Waals surface area contributed by atoms with E-state index in [0.717, 1.165) is 30.0 Å². The van der Waals surface area contributed by atoms with Gasteiger partial charge in [-0.2, -0.15) is 0 Å². The van der Waals surface area contributed by atoms with Crippen molar-refractivity contribution in [3.05, 3.63) is 18.6 Å². The summed E-state index contributed by atoms with van der Waals surface area (Å²) in [6.07, 6.45) is 6.29. The number of hydrogen-bond donors (Lipinski definition) is 1. The molecular weight excluding hydrogens is 212 g/mol. The molecule has 1 N–H and O–H groups in total. The molecule has 0 aliphatic rings. The van der Waals surface area contributed by atoms with E-state index in [-0.39, 0.29) is 6.42 Å². The van der Waals surface area contributed by atoms with Gasteiger partial charge in [-0.3, -0.25) is 4.79 Å². The molecule has 4 nitrogen and oxygen atoms in total. The van der Waals surface area contributed by atoms with Crippen molar-refractivity contribution in [1.82, 2.24) is 9.97 Å². The molecular formula is C10H14N2O2S. The average molecular weight is 226 g/mol. The van der Waals surface area contributed by atoms with Gasteiger partial charge in [-0.25, -0.2) is 9.97 Å². The van der Waals surface area contributed by atoms with Gasteiger partial charge in [0.1, 0.15) is 6.33 Å². The highest BCUT2D eigenvalue weighted by Crippen LogP contribution is 2.15. The quantitative estimate of drug-likeness (QED) is 0.439. The lowest BCUT2D eigenvalue weighted by Crippen LogP contribution is -1.94. The minimum absolute atomic E-state index is 0.276. The number of carbonyl (C=O) groups is 1. The molecule has 1 aromatic rings. The first kappa shape index (κ1) is 12.0. The van der Waals surface area contributed by atoms with Crippen LogP contribution in [0.5, 0.6) is 0 Å². The van der Waals surface area contributed by atoms with Gasteiger partial charge in [0.25, 0.3) is 0 Å². The van der Waals surface area contributed by atoms with Gasteiger partial charge in [0.05, 0.1) is 5.03 Å². The zero-order valence-corrected chi connectivity index (χ0v) is 9.24. The normalized spacial score (nSPS) is 10.1. The van der Waals surface area contributed by atoms with Crippen LogP contribution >= 0.6 is 11.8 Å². The van der Waals surface area contributed by atoms with Crippen LogP contribution in [-0.4, -0.2) is 26.8 Å². The molecule has 0 radical (unpaired) electrons. The number of rotatable bonds is 7. The summed E-state index contributed by atoms with van der Waals surface area (Å²) in [4.78, 5) is 18.1. The SMILES string of the molecule is O=C(O)CCCCCSc1ccncn1. The predicted molar refractivity (Wildman–Crippen MR) is 58.9 cm³/mol. The molecule has 82 valence electrons. The molecule has 0 bridgehead atoms. The van der Waals surface area contributed by atoms with E-state index in [0.29, 0.717) is 0 Å². The molecule has 0 aromatic carbocycles. The zero-order valence-electron chi connectivity index (χ0n) is 8.43. The van der Waals surface area contributed by atoms with E-state index in [2.05, 4.69) is 9.97 Å². The number of nitrogens with zero attached hydrogens (tertiary/aromatic N) is 2. The Labute approximate surface area is 93.1 Å². The zero-order chi connectivity index (χ0) is 10.9. The number of aliphatic carboxylic acids is 1. The van der Waals surface area contributed by atoms with Crippen molar-refractivity contribution in [1.29, 1.82) is 0 Å². The molecule has 0 unspecified atom stereocenters. The second-order valence-corrected chi connectivity index (χ2v) is 4.22. The predicted octanol–water partition coefficient (Wildman–Crippen LogP) is 2.21. The number of hydrogen-bond acceptors (Lipinski definition) is 4. The molecule has 0 aliphatic heterocycles. The van der Waals surface area contributed by atoms with Crippen LogP contribution in [0.3, 0.4) is 0 Å². The summed E-state index contributed by atoms with van der Waals surface area (Å²) in [5, 5.41) is 9.40. The van der Waals surface area contributed by atoms with Crippen LogP contribution in [0.4, 0.5) is 0 Å². The summed E-state index contributed by atoms with van der Waals surface area (Å²) in [7, 11) is 0. The van der Waals surface area contributed by atoms with Crippen LogP contribution in [-0.2, 0) is 4.79 Å². The number of aromatic nitrogens is 2. The lowest BCUT2D eigenvalue weighted by atomic mass is 10.2. The van der Waals surface area contributed by atoms with Crippen LogP contribution in [0.2, 0.25) is 0 Å². The standard InChI is InChI=1S/C10H14N2O2S/c13-10(14)4-2-1-3-7-15-9-5-6-11-8-12-9/h5-6,8H,1-4,7H2,(H,13,14). The lowest BCUT2D eigenvalue weighted by Gasteiger charge is -1.99. The number of carboxylic acids is 1. The Morgan fingerprint density at radius 2 is 2.27 bits per heavy atom. The summed E-state index contributed by atoms with van der Waals surface area (Å²) < 4.78 is 0. The largest absolute Gasteiger partial charge is 0.481 e. The highest BCUT2D eigenvalue weighted by molar-refractivity contribution is 7.99. The van der Waals surface area contributed by atoms with Crippen LogP contribution in [0.1, 0.15) is 25.7 Å². The maximum Gasteiger partial charge on any atom is 0.303 e. The van der Waals surface area contributed by atoms with E-state index in [1.165, 1.54) is 6.33 Å². The summed E-state index contributed by atoms with van der Waals surface area (Å²) in [6.45, 7) is 0. The van der Waals surface area contributed by atoms with E-state index in [9.17, 15) is 4.79 Å². The summed E-state index contributed by atoms with van der Waals surface area (Å²) in [5.41, 5.74) is 0. The van der Waals surface area contributed by atoms with E-state index in [4.69, 9.17) is 5.11 Å². The Morgan fingerprint density at radius 1 is 1.40 bits per heavy atom. The first-order valence-corrected chi connectivity index (χ1v) is 5.88. The van der Waals surface area contributed by atoms with Crippen LogP contribution < -0.4 is 0 Å². The van der Waals surface area contributed by atoms with Gasteiger partial charge in [0.2, 0.25) is 0 Å². The Kier molecular flexibility index (Phi) is 5.77. The van der Waals surface area contributed by atoms with E-state index >= 15 is 0 Å². The molecule has 0 atom stereocenters. The van der Waals surface area contributed by atoms with Gasteiger partial charge in [0.15, 0.2) is 0 Å². The van der Waals surface area contributed by atoms with Crippen molar-refractivity contribution < 1.29 is 9.90 Å². The molecule has 1 aromatic heterocycles. The fourth-order valence-corrected chi connectivity index (χ4v) is 1.93. The van der Waals surface area contributed by atoms with Gasteiger partial charge < -0.3 is 5.11 Å². The molecule has 15 heavy (non-hydrogen) atoms. The molecule has 0 amide bonds. The summed E-state index contributed by atoms with van der Waals surface area (Å²) in [5.74, 6) is 0.273. The van der Waals surface area contributed by atoms with Crippen LogP contribution in [0, 0.1) is 0 Å². The third-order valence-electron chi connectivity index (χ3n) is 1.84. The molecule has 5 heteroatoms. The molecule has 0 aliphatic carbocycles. The first-order chi connectivity index (χ1) is 7.29. The highest BCUT2D eigenvalue weighted by atomic mass is 32.2. The Hall–Kier alpha value is -1.10. The maximum atomic E-state index is 10.2. The molecule has 0 saturated carbocycles. The van der Waals surface area contributed by atoms with E-state index < -0.39 is 5.97 Å². The Balaban J connectivity index is 2.00. The first-order valence-electron chi connectivity index (χ1n) is 4.89. The number of thioether (sulfide) groups is 1. The molecule has 0 saturated heterocycles. The van der Waals surface area contributed by atoms with Crippen molar-refractivity contribution in [3.8, 4) is 0 Å². The second-order valence-electron chi connectivity index (χ2n) is 3.10. The van der Waals surface area contributed by atoms with Gasteiger partial charge in [-0.05, 0) is 24.7 Å². The van der Waals surface area contributed by atoms with Crippen molar-refractivity contribution >= 4 is 17.7 Å². The highest BCUT2D eigenvalue weighted by Gasteiger charge is 1.97. The van der Waals surface area contributed by atoms with Gasteiger partial charge in [0, 0.05) is 12.6 Å². The Bertz CT molecular complexity index is 293. The van der Waals surface area contributed by atoms with E-state index in [1.54, 1.807) is 18.0 Å². The smallest absolute Gasteiger partial charge is 0.303 e. The minimum atomic E-state index is -0.710. The molecule has 1 heterocycles. The third-order valence-corrected chi connectivity index (χ3v) is 2.87. The fraction of sp³-hybridized carbons (Fsp3) is 0.500. The summed E-state index contributed by atoms with van der Waals surface area (Å²) in [6, 6.07) is 1.88. The fourth-order valence-electron chi connectivity index (χ4n) is 1.10. The average Bonchev–Trinajstić information content (AvgIpc) is 2.24. The second kappa shape index (κ2) is 7.23. The molecule has 0 spiro atoms. The van der Waals surface area contributed by atoms with Gasteiger partial charge >= 0.3 is 5.97 Å². The maximum absolute atomic E-state index is 10.2. The monoisotopic (exact) mass is 226 g/mol. The van der Waals surface area contributed by atoms with Crippen molar-refractivity contribution in [2.24, 2.45) is 0 Å². The van der Waals surface area contributed by atoms with Crippen LogP contribution in [0.15, 0.2) is 23.6 Å². The topological polar surface area (TPSA) is 63.1 Å². The van der Waals surface area contributed by atoms with Crippen molar-refractivity contribution in [2.45, 2.75) is 30.7 Å². The van der Waals surface area contributed by atoms with Crippen molar-refractivity contribution in [3.63, 3.8) is 0 Å². The molecule has 0 fully saturated rings. The van der Waals surface area contributed by atoms with Crippen molar-refractivity contribution in [2.75, 3.05) is 5.75 Å². The summed E-state index contributed by atoms with van der Waals surface area (Å²) >= 11 is 1.68. The lowest BCUT2D eigenvalue weighted by molar-refractivity contribution is -0.137.